The summed E-state index contributed by atoms with van der Waals surface area (Å²) >= 11 is 7.82. The van der Waals surface area contributed by atoms with Gasteiger partial charge in [-0.1, -0.05) is 102 Å². The van der Waals surface area contributed by atoms with Crippen LogP contribution >= 0.6 is 23.4 Å². The van der Waals surface area contributed by atoms with Crippen molar-refractivity contribution in [3.63, 3.8) is 0 Å². The smallest absolute Gasteiger partial charge is 0.337 e. The van der Waals surface area contributed by atoms with Crippen LogP contribution in [-0.2, 0) is 9.53 Å². The highest BCUT2D eigenvalue weighted by Gasteiger charge is 2.38. The van der Waals surface area contributed by atoms with Crippen molar-refractivity contribution in [3.8, 4) is 6.07 Å². The van der Waals surface area contributed by atoms with E-state index in [0.717, 1.165) is 5.56 Å². The highest BCUT2D eigenvalue weighted by atomic mass is 35.5. The van der Waals surface area contributed by atoms with E-state index >= 15 is 0 Å². The van der Waals surface area contributed by atoms with Gasteiger partial charge in [-0.25, -0.2) is 4.79 Å². The lowest BCUT2D eigenvalue weighted by Gasteiger charge is -2.31. The topological polar surface area (TPSA) is 79.2 Å². The quantitative estimate of drug-likeness (QED) is 0.278. The number of ketones is 1. The zero-order valence-corrected chi connectivity index (χ0v) is 21.1. The minimum Gasteiger partial charge on any atom is -0.463 e. The number of carbonyl (C=O) groups is 2. The highest BCUT2D eigenvalue weighted by molar-refractivity contribution is 8.03. The molecule has 0 amide bonds. The maximum absolute atomic E-state index is 13.3. The first-order chi connectivity index (χ1) is 17.5. The average molecular weight is 515 g/mol. The normalized spacial score (nSPS) is 15.2. The van der Waals surface area contributed by atoms with Crippen LogP contribution in [0, 0.1) is 11.3 Å². The molecule has 1 aliphatic rings. The lowest BCUT2D eigenvalue weighted by atomic mass is 9.81. The molecule has 3 aromatic rings. The van der Waals surface area contributed by atoms with Gasteiger partial charge in [0.05, 0.1) is 46.2 Å². The van der Waals surface area contributed by atoms with E-state index in [4.69, 9.17) is 16.3 Å². The number of carbonyl (C=O) groups excluding carboxylic acids is 2. The van der Waals surface area contributed by atoms with Crippen molar-refractivity contribution < 1.29 is 14.3 Å². The molecule has 0 saturated carbocycles. The number of halogens is 1. The second-order valence-corrected chi connectivity index (χ2v) is 9.28. The lowest BCUT2D eigenvalue weighted by Crippen LogP contribution is -2.29. The molecule has 0 fully saturated rings. The highest BCUT2D eigenvalue weighted by Crippen LogP contribution is 2.45. The van der Waals surface area contributed by atoms with E-state index in [-0.39, 0.29) is 18.1 Å². The number of esters is 1. The van der Waals surface area contributed by atoms with Crippen molar-refractivity contribution in [2.45, 2.75) is 12.8 Å². The van der Waals surface area contributed by atoms with Crippen LogP contribution in [0.2, 0.25) is 5.02 Å². The predicted molar refractivity (Wildman–Crippen MR) is 143 cm³/mol. The number of rotatable bonds is 8. The van der Waals surface area contributed by atoms with Gasteiger partial charge < -0.3 is 10.1 Å². The molecule has 0 unspecified atom stereocenters. The van der Waals surface area contributed by atoms with Crippen LogP contribution in [-0.4, -0.2) is 24.1 Å². The minimum atomic E-state index is -0.770. The number of hydrogen-bond acceptors (Lipinski definition) is 6. The van der Waals surface area contributed by atoms with Gasteiger partial charge in [0.1, 0.15) is 0 Å². The van der Waals surface area contributed by atoms with Gasteiger partial charge in [-0.2, -0.15) is 5.26 Å². The van der Waals surface area contributed by atoms with Crippen molar-refractivity contribution in [1.29, 1.82) is 5.26 Å². The molecule has 4 rings (SSSR count). The van der Waals surface area contributed by atoms with Gasteiger partial charge in [0.25, 0.3) is 0 Å². The number of ether oxygens (including phenoxy) is 1. The Morgan fingerprint density at radius 3 is 2.28 bits per heavy atom. The molecular formula is C29H23ClN2O3S. The number of thioether (sulfide) groups is 1. The van der Waals surface area contributed by atoms with E-state index in [9.17, 15) is 14.9 Å². The van der Waals surface area contributed by atoms with Gasteiger partial charge >= 0.3 is 5.97 Å². The third-order valence-corrected chi connectivity index (χ3v) is 7.03. The minimum absolute atomic E-state index is 0.0667. The summed E-state index contributed by atoms with van der Waals surface area (Å²) in [6.45, 7) is 1.91. The van der Waals surface area contributed by atoms with Crippen molar-refractivity contribution in [2.75, 3.05) is 12.4 Å². The maximum atomic E-state index is 13.3. The molecule has 36 heavy (non-hydrogen) atoms. The Labute approximate surface area is 219 Å². The van der Waals surface area contributed by atoms with E-state index in [1.54, 1.807) is 37.3 Å². The van der Waals surface area contributed by atoms with Gasteiger partial charge in [-0.05, 0) is 24.1 Å². The van der Waals surface area contributed by atoms with E-state index in [1.165, 1.54) is 11.8 Å². The summed E-state index contributed by atoms with van der Waals surface area (Å²) in [4.78, 5) is 26.2. The van der Waals surface area contributed by atoms with Crippen LogP contribution in [0.5, 0.6) is 0 Å². The van der Waals surface area contributed by atoms with Crippen molar-refractivity contribution in [2.24, 2.45) is 0 Å². The first-order valence-corrected chi connectivity index (χ1v) is 12.7. The second-order valence-electron chi connectivity index (χ2n) is 7.89. The van der Waals surface area contributed by atoms with Crippen LogP contribution in [0.4, 0.5) is 0 Å². The average Bonchev–Trinajstić information content (AvgIpc) is 2.92. The Hall–Kier alpha value is -3.79. The summed E-state index contributed by atoms with van der Waals surface area (Å²) in [5, 5.41) is 14.5. The Kier molecular flexibility index (Phi) is 8.27. The fourth-order valence-electron chi connectivity index (χ4n) is 4.02. The summed E-state index contributed by atoms with van der Waals surface area (Å²) in [5.74, 6) is -1.26. The number of allylic oxidation sites excluding steroid dienone is 1. The summed E-state index contributed by atoms with van der Waals surface area (Å²) in [6.07, 6.45) is 0. The van der Waals surface area contributed by atoms with Crippen molar-refractivity contribution >= 4 is 40.8 Å². The monoisotopic (exact) mass is 514 g/mol. The Balaban J connectivity index is 1.85. The molecule has 0 saturated heterocycles. The zero-order chi connectivity index (χ0) is 25.5. The molecular weight excluding hydrogens is 492 g/mol. The van der Waals surface area contributed by atoms with E-state index in [0.29, 0.717) is 38.0 Å². The van der Waals surface area contributed by atoms with Crippen LogP contribution in [0.25, 0.3) is 5.70 Å². The van der Waals surface area contributed by atoms with Gasteiger partial charge in [0, 0.05) is 10.6 Å². The Morgan fingerprint density at radius 1 is 1.00 bits per heavy atom. The number of dihydropyridines is 1. The van der Waals surface area contributed by atoms with E-state index < -0.39 is 11.9 Å². The predicted octanol–water partition coefficient (Wildman–Crippen LogP) is 6.35. The number of benzene rings is 3. The van der Waals surface area contributed by atoms with Gasteiger partial charge in [-0.15, -0.1) is 0 Å². The molecule has 0 aromatic heterocycles. The summed E-state index contributed by atoms with van der Waals surface area (Å²) in [6, 6.07) is 27.8. The number of nitrogens with zero attached hydrogens (tertiary/aromatic N) is 1. The molecule has 1 atom stereocenters. The molecule has 3 aromatic carbocycles. The first-order valence-electron chi connectivity index (χ1n) is 11.4. The van der Waals surface area contributed by atoms with Crippen LogP contribution in [0.1, 0.15) is 34.3 Å². The molecule has 1 aliphatic heterocycles. The first kappa shape index (κ1) is 25.3. The fraction of sp³-hybridized carbons (Fsp3) is 0.138. The second kappa shape index (κ2) is 11.8. The standard InChI is InChI=1S/C29H23ClN2O3S/c1-2-35-29(34)26-25(21-15-9-10-16-23(21)30)22(17-31)28(32-27(26)20-13-7-4-8-14-20)36-18-24(33)19-11-5-3-6-12-19/h3-16,25,32H,2,18H2,1H3/t25-/m0/s1. The molecule has 1 heterocycles. The van der Waals surface area contributed by atoms with Gasteiger partial charge in [0.2, 0.25) is 0 Å². The SMILES string of the molecule is CCOC(=O)C1=C(c2ccccc2)NC(SCC(=O)c2ccccc2)=C(C#N)[C@@H]1c1ccccc1Cl. The van der Waals surface area contributed by atoms with E-state index in [1.807, 2.05) is 54.6 Å². The lowest BCUT2D eigenvalue weighted by molar-refractivity contribution is -0.138. The Morgan fingerprint density at radius 2 is 1.64 bits per heavy atom. The fourth-order valence-corrected chi connectivity index (χ4v) is 5.20. The van der Waals surface area contributed by atoms with Crippen LogP contribution in [0.15, 0.2) is 101 Å². The molecule has 180 valence electrons. The van der Waals surface area contributed by atoms with E-state index in [2.05, 4.69) is 11.4 Å². The number of Topliss-reactive ketones (excluding diaryl/α,β-unsaturated/α-hetero) is 1. The number of hydrogen-bond donors (Lipinski definition) is 1. The van der Waals surface area contributed by atoms with Gasteiger partial charge in [0.15, 0.2) is 5.78 Å². The summed E-state index contributed by atoms with van der Waals surface area (Å²) in [5.41, 5.74) is 3.08. The summed E-state index contributed by atoms with van der Waals surface area (Å²) in [7, 11) is 0. The molecule has 0 bridgehead atoms. The number of nitrogens with one attached hydrogen (secondary N) is 1. The molecule has 5 nitrogen and oxygen atoms in total. The number of nitriles is 1. The maximum Gasteiger partial charge on any atom is 0.337 e. The van der Waals surface area contributed by atoms with Gasteiger partial charge in [-0.3, -0.25) is 4.79 Å². The molecule has 1 N–H and O–H groups in total. The largest absolute Gasteiger partial charge is 0.463 e. The third-order valence-electron chi connectivity index (χ3n) is 5.67. The molecule has 0 spiro atoms. The van der Waals surface area contributed by atoms with Crippen molar-refractivity contribution in [3.05, 3.63) is 123 Å². The molecule has 0 radical (unpaired) electrons. The van der Waals surface area contributed by atoms with Crippen LogP contribution in [0.3, 0.4) is 0 Å². The third kappa shape index (κ3) is 5.38. The summed E-state index contributed by atoms with van der Waals surface area (Å²) < 4.78 is 5.44. The zero-order valence-electron chi connectivity index (χ0n) is 19.5. The van der Waals surface area contributed by atoms with Crippen molar-refractivity contribution in [1.82, 2.24) is 5.32 Å². The van der Waals surface area contributed by atoms with Crippen LogP contribution < -0.4 is 5.32 Å². The molecule has 7 heteroatoms. The Bertz CT molecular complexity index is 1380. The molecule has 0 aliphatic carbocycles.